The number of sulfonamides is 1. The van der Waals surface area contributed by atoms with Crippen molar-refractivity contribution in [3.63, 3.8) is 0 Å². The van der Waals surface area contributed by atoms with Crippen LogP contribution in [0.2, 0.25) is 5.02 Å². The molecule has 0 aliphatic carbocycles. The minimum atomic E-state index is -3.50. The monoisotopic (exact) mass is 551 g/mol. The van der Waals surface area contributed by atoms with Gasteiger partial charge in [-0.2, -0.15) is 0 Å². The fourth-order valence-electron chi connectivity index (χ4n) is 4.12. The number of rotatable bonds is 9. The topological polar surface area (TPSA) is 110 Å². The van der Waals surface area contributed by atoms with Gasteiger partial charge in [0.2, 0.25) is 10.0 Å². The van der Waals surface area contributed by atoms with Crippen molar-refractivity contribution in [2.75, 3.05) is 35.8 Å². The number of nitrogens with zero attached hydrogens (tertiary/aromatic N) is 3. The van der Waals surface area contributed by atoms with E-state index in [0.717, 1.165) is 38.1 Å². The summed E-state index contributed by atoms with van der Waals surface area (Å²) in [5.41, 5.74) is 7.17. The number of nitrogens with two attached hydrogens (primary N) is 1. The number of hydrogen-bond donors (Lipinski definition) is 2. The third-order valence-corrected chi connectivity index (χ3v) is 7.77. The molecule has 1 aliphatic rings. The Morgan fingerprint density at radius 1 is 1.11 bits per heavy atom. The lowest BCUT2D eigenvalue weighted by Crippen LogP contribution is -2.35. The second kappa shape index (κ2) is 11.6. The molecule has 0 spiro atoms. The Morgan fingerprint density at radius 3 is 2.49 bits per heavy atom. The molecule has 0 amide bonds. The van der Waals surface area contributed by atoms with Gasteiger partial charge in [0.1, 0.15) is 17.7 Å². The van der Waals surface area contributed by atoms with Crippen molar-refractivity contribution in [3.8, 4) is 17.1 Å². The van der Waals surface area contributed by atoms with Crippen molar-refractivity contribution in [2.24, 2.45) is 0 Å². The summed E-state index contributed by atoms with van der Waals surface area (Å²) in [4.78, 5) is 10.6. The first kappa shape index (κ1) is 27.0. The normalized spacial score (nSPS) is 15.4. The Bertz CT molecular complexity index is 1350. The van der Waals surface area contributed by atoms with Gasteiger partial charge in [-0.15, -0.1) is 0 Å². The minimum Gasteiger partial charge on any atom is -0.467 e. The number of benzene rings is 2. The summed E-state index contributed by atoms with van der Waals surface area (Å²) >= 11 is 5.93. The molecule has 0 radical (unpaired) electrons. The molecule has 0 bridgehead atoms. The van der Waals surface area contributed by atoms with Crippen LogP contribution in [0, 0.1) is 11.6 Å². The largest absolute Gasteiger partial charge is 0.467 e. The molecule has 1 unspecified atom stereocenters. The van der Waals surface area contributed by atoms with Gasteiger partial charge in [0, 0.05) is 23.4 Å². The SMILES string of the molecule is CC(Oc1nc(-c2ccc(NS(=O)(=O)CCN3CCCCC3)cc2)cnc1N)c1c(F)ccc(F)c1Cl. The summed E-state index contributed by atoms with van der Waals surface area (Å²) in [5, 5.41) is -0.385. The number of nitrogen functional groups attached to an aromatic ring is 1. The zero-order valence-corrected chi connectivity index (χ0v) is 21.8. The van der Waals surface area contributed by atoms with E-state index in [4.69, 9.17) is 22.1 Å². The van der Waals surface area contributed by atoms with Crippen molar-refractivity contribution in [3.05, 3.63) is 64.8 Å². The van der Waals surface area contributed by atoms with E-state index in [1.165, 1.54) is 19.5 Å². The maximum absolute atomic E-state index is 14.3. The van der Waals surface area contributed by atoms with Gasteiger partial charge in [-0.3, -0.25) is 4.72 Å². The molecule has 2 heterocycles. The van der Waals surface area contributed by atoms with Gasteiger partial charge < -0.3 is 15.4 Å². The Kier molecular flexibility index (Phi) is 8.46. The highest BCUT2D eigenvalue weighted by molar-refractivity contribution is 7.92. The van der Waals surface area contributed by atoms with E-state index in [1.807, 2.05) is 0 Å². The maximum Gasteiger partial charge on any atom is 0.258 e. The summed E-state index contributed by atoms with van der Waals surface area (Å²) < 4.78 is 61.4. The predicted octanol–water partition coefficient (Wildman–Crippen LogP) is 5.03. The van der Waals surface area contributed by atoms with Crippen LogP contribution in [0.3, 0.4) is 0 Å². The van der Waals surface area contributed by atoms with Crippen molar-refractivity contribution >= 4 is 33.1 Å². The van der Waals surface area contributed by atoms with Crippen LogP contribution in [-0.2, 0) is 10.0 Å². The highest BCUT2D eigenvalue weighted by atomic mass is 35.5. The van der Waals surface area contributed by atoms with E-state index in [-0.39, 0.29) is 28.0 Å². The molecule has 1 aromatic heterocycles. The summed E-state index contributed by atoms with van der Waals surface area (Å²) in [6.07, 6.45) is 3.82. The lowest BCUT2D eigenvalue weighted by Gasteiger charge is -2.26. The Hall–Kier alpha value is -3.02. The van der Waals surface area contributed by atoms with Gasteiger partial charge in [-0.05, 0) is 57.1 Å². The molecular formula is C25H28ClF2N5O3S. The predicted molar refractivity (Wildman–Crippen MR) is 140 cm³/mol. The first-order valence-corrected chi connectivity index (χ1v) is 13.9. The molecule has 2 aromatic carbocycles. The summed E-state index contributed by atoms with van der Waals surface area (Å²) in [6, 6.07) is 8.50. The molecule has 3 N–H and O–H groups in total. The fraction of sp³-hybridized carbons (Fsp3) is 0.360. The first-order valence-electron chi connectivity index (χ1n) is 11.9. The smallest absolute Gasteiger partial charge is 0.258 e. The molecule has 4 rings (SSSR count). The molecule has 1 fully saturated rings. The molecule has 37 heavy (non-hydrogen) atoms. The number of anilines is 2. The van der Waals surface area contributed by atoms with Gasteiger partial charge >= 0.3 is 0 Å². The van der Waals surface area contributed by atoms with Gasteiger partial charge in [-0.1, -0.05) is 30.2 Å². The molecule has 12 heteroatoms. The quantitative estimate of drug-likeness (QED) is 0.359. The average Bonchev–Trinajstić information content (AvgIpc) is 2.88. The zero-order valence-electron chi connectivity index (χ0n) is 20.3. The lowest BCUT2D eigenvalue weighted by atomic mass is 10.1. The van der Waals surface area contributed by atoms with Crippen LogP contribution >= 0.6 is 11.6 Å². The average molecular weight is 552 g/mol. The van der Waals surface area contributed by atoms with Crippen molar-refractivity contribution in [2.45, 2.75) is 32.3 Å². The highest BCUT2D eigenvalue weighted by Crippen LogP contribution is 2.33. The van der Waals surface area contributed by atoms with Crippen LogP contribution in [0.5, 0.6) is 5.88 Å². The molecule has 0 saturated carbocycles. The van der Waals surface area contributed by atoms with Crippen LogP contribution in [0.4, 0.5) is 20.3 Å². The third kappa shape index (κ3) is 6.85. The number of piperidine rings is 1. The van der Waals surface area contributed by atoms with E-state index in [0.29, 0.717) is 23.5 Å². The minimum absolute atomic E-state index is 0.0208. The summed E-state index contributed by atoms with van der Waals surface area (Å²) in [7, 11) is -3.50. The number of halogens is 3. The van der Waals surface area contributed by atoms with E-state index >= 15 is 0 Å². The van der Waals surface area contributed by atoms with Crippen LogP contribution in [-0.4, -0.2) is 48.7 Å². The zero-order chi connectivity index (χ0) is 26.6. The van der Waals surface area contributed by atoms with Crippen LogP contribution in [0.1, 0.15) is 37.9 Å². The molecule has 8 nitrogen and oxygen atoms in total. The van der Waals surface area contributed by atoms with E-state index in [9.17, 15) is 17.2 Å². The van der Waals surface area contributed by atoms with Crippen molar-refractivity contribution < 1.29 is 21.9 Å². The number of ether oxygens (including phenoxy) is 1. The van der Waals surface area contributed by atoms with Crippen LogP contribution < -0.4 is 15.2 Å². The summed E-state index contributed by atoms with van der Waals surface area (Å²) in [6.45, 7) is 3.85. The van der Waals surface area contributed by atoms with Crippen LogP contribution in [0.25, 0.3) is 11.3 Å². The molecule has 1 saturated heterocycles. The molecule has 3 aromatic rings. The van der Waals surface area contributed by atoms with Gasteiger partial charge in [0.05, 0.1) is 22.7 Å². The van der Waals surface area contributed by atoms with E-state index in [1.54, 1.807) is 24.3 Å². The standard InChI is InChI=1S/C25H28ClF2N5O3S/c1-16(22-19(27)9-10-20(28)23(22)26)36-25-24(29)30-15-21(31-25)17-5-7-18(8-6-17)32-37(34,35)14-13-33-11-3-2-4-12-33/h5-10,15-16,32H,2-4,11-14H2,1H3,(H2,29,30). The second-order valence-corrected chi connectivity index (χ2v) is 11.1. The number of hydrogen-bond acceptors (Lipinski definition) is 7. The van der Waals surface area contributed by atoms with E-state index in [2.05, 4.69) is 19.6 Å². The highest BCUT2D eigenvalue weighted by Gasteiger charge is 2.22. The van der Waals surface area contributed by atoms with E-state index < -0.39 is 27.8 Å². The molecule has 198 valence electrons. The third-order valence-electron chi connectivity index (χ3n) is 6.12. The second-order valence-electron chi connectivity index (χ2n) is 8.86. The van der Waals surface area contributed by atoms with Gasteiger partial charge in [-0.25, -0.2) is 27.2 Å². The van der Waals surface area contributed by atoms with Gasteiger partial charge in [0.25, 0.3) is 5.88 Å². The number of nitrogens with one attached hydrogen (secondary N) is 1. The van der Waals surface area contributed by atoms with Gasteiger partial charge in [0.15, 0.2) is 5.82 Å². The number of aromatic nitrogens is 2. The Balaban J connectivity index is 1.44. The Labute approximate surface area is 219 Å². The molecule has 1 aliphatic heterocycles. The summed E-state index contributed by atoms with van der Waals surface area (Å²) in [5.74, 6) is -1.60. The molecule has 1 atom stereocenters. The van der Waals surface area contributed by atoms with Crippen LogP contribution in [0.15, 0.2) is 42.6 Å². The lowest BCUT2D eigenvalue weighted by molar-refractivity contribution is 0.213. The van der Waals surface area contributed by atoms with Crippen molar-refractivity contribution in [1.29, 1.82) is 0 Å². The first-order chi connectivity index (χ1) is 17.6. The molecular weight excluding hydrogens is 524 g/mol. The maximum atomic E-state index is 14.3. The Morgan fingerprint density at radius 2 is 1.78 bits per heavy atom. The fourth-order valence-corrected chi connectivity index (χ4v) is 5.52. The van der Waals surface area contributed by atoms with Crippen molar-refractivity contribution in [1.82, 2.24) is 14.9 Å². The number of likely N-dealkylation sites (tertiary alicyclic amines) is 1.